The number of phenolic OH excluding ortho intramolecular Hbond substituents is 1. The fourth-order valence-electron chi connectivity index (χ4n) is 3.62. The quantitative estimate of drug-likeness (QED) is 0.620. The summed E-state index contributed by atoms with van der Waals surface area (Å²) < 4.78 is 7.03. The number of nitrogens with one attached hydrogen (secondary N) is 1. The molecule has 1 aromatic heterocycles. The molecule has 2 aliphatic heterocycles. The second kappa shape index (κ2) is 4.77. The fraction of sp³-hybridized carbons (Fsp3) is 0.167. The Balaban J connectivity index is 1.69. The lowest BCUT2D eigenvalue weighted by Gasteiger charge is -2.39. The van der Waals surface area contributed by atoms with Crippen LogP contribution in [-0.4, -0.2) is 27.4 Å². The van der Waals surface area contributed by atoms with Crippen molar-refractivity contribution in [1.29, 1.82) is 0 Å². The highest BCUT2D eigenvalue weighted by atomic mass is 79.9. The van der Waals surface area contributed by atoms with Crippen LogP contribution in [0.2, 0.25) is 0 Å². The number of nitrogens with zero attached hydrogens (tertiary/aromatic N) is 1. The zero-order valence-corrected chi connectivity index (χ0v) is 14.1. The van der Waals surface area contributed by atoms with Gasteiger partial charge in [0.15, 0.2) is 0 Å². The second-order valence-corrected chi connectivity index (χ2v) is 7.02. The van der Waals surface area contributed by atoms with Gasteiger partial charge in [-0.1, -0.05) is 15.9 Å². The van der Waals surface area contributed by atoms with E-state index in [4.69, 9.17) is 4.74 Å². The van der Waals surface area contributed by atoms with E-state index < -0.39 is 6.23 Å². The van der Waals surface area contributed by atoms with Crippen LogP contribution >= 0.6 is 15.9 Å². The molecule has 5 rings (SSSR count). The Labute approximate surface area is 146 Å². The second-order valence-electron chi connectivity index (χ2n) is 6.11. The number of rotatable bonds is 0. The van der Waals surface area contributed by atoms with Gasteiger partial charge in [-0.15, -0.1) is 0 Å². The van der Waals surface area contributed by atoms with Gasteiger partial charge in [-0.3, -0.25) is 9.69 Å². The Morgan fingerprint density at radius 3 is 3.00 bits per heavy atom. The molecule has 2 aliphatic rings. The van der Waals surface area contributed by atoms with Crippen LogP contribution in [0.1, 0.15) is 27.8 Å². The summed E-state index contributed by atoms with van der Waals surface area (Å²) in [5.74, 6) is 0.813. The highest BCUT2D eigenvalue weighted by Crippen LogP contribution is 2.42. The van der Waals surface area contributed by atoms with E-state index in [0.29, 0.717) is 17.9 Å². The summed E-state index contributed by atoms with van der Waals surface area (Å²) in [6, 6.07) is 10.7. The minimum atomic E-state index is -0.461. The van der Waals surface area contributed by atoms with Crippen molar-refractivity contribution in [2.45, 2.75) is 12.6 Å². The Bertz CT molecular complexity index is 1010. The maximum absolute atomic E-state index is 12.8. The molecule has 0 fully saturated rings. The highest BCUT2D eigenvalue weighted by Gasteiger charge is 2.40. The van der Waals surface area contributed by atoms with Crippen LogP contribution in [0.5, 0.6) is 11.5 Å². The number of ether oxygens (including phenoxy) is 1. The molecule has 0 spiro atoms. The number of aromatic hydroxyl groups is 1. The van der Waals surface area contributed by atoms with E-state index >= 15 is 0 Å². The first-order chi connectivity index (χ1) is 11.6. The van der Waals surface area contributed by atoms with Crippen LogP contribution in [0.25, 0.3) is 10.9 Å². The molecule has 1 unspecified atom stereocenters. The number of aromatic amines is 1. The molecule has 1 atom stereocenters. The summed E-state index contributed by atoms with van der Waals surface area (Å²) in [5.41, 5.74) is 3.52. The standard InChI is InChI=1S/C18H13BrN2O3/c19-9-1-3-12-15(7-9)24-18-16-11(5-6-21(18)17(12)23)13-8-10(22)2-4-14(13)20-16/h1-4,7-8,18,20,22H,5-6H2. The number of carbonyl (C=O) groups is 1. The van der Waals surface area contributed by atoms with E-state index in [1.807, 2.05) is 18.2 Å². The lowest BCUT2D eigenvalue weighted by molar-refractivity contribution is 0.00199. The van der Waals surface area contributed by atoms with Gasteiger partial charge in [-0.2, -0.15) is 0 Å². The molecule has 0 saturated carbocycles. The smallest absolute Gasteiger partial charge is 0.260 e. The van der Waals surface area contributed by atoms with E-state index in [0.717, 1.165) is 33.1 Å². The number of hydrogen-bond acceptors (Lipinski definition) is 3. The molecule has 6 heteroatoms. The van der Waals surface area contributed by atoms with Crippen LogP contribution in [0.15, 0.2) is 40.9 Å². The number of amides is 1. The number of aromatic nitrogens is 1. The summed E-state index contributed by atoms with van der Waals surface area (Å²) in [7, 11) is 0. The van der Waals surface area contributed by atoms with Gasteiger partial charge in [0.1, 0.15) is 11.5 Å². The third-order valence-electron chi connectivity index (χ3n) is 4.73. The molecule has 3 heterocycles. The van der Waals surface area contributed by atoms with Crippen LogP contribution in [0, 0.1) is 0 Å². The number of halogens is 1. The van der Waals surface area contributed by atoms with Crippen molar-refractivity contribution in [2.24, 2.45) is 0 Å². The first-order valence-corrected chi connectivity index (χ1v) is 8.52. The lowest BCUT2D eigenvalue weighted by Crippen LogP contribution is -2.45. The highest BCUT2D eigenvalue weighted by molar-refractivity contribution is 9.10. The van der Waals surface area contributed by atoms with Crippen LogP contribution < -0.4 is 4.74 Å². The average molecular weight is 385 g/mol. The van der Waals surface area contributed by atoms with Gasteiger partial charge in [-0.25, -0.2) is 0 Å². The lowest BCUT2D eigenvalue weighted by atomic mass is 9.99. The summed E-state index contributed by atoms with van der Waals surface area (Å²) in [4.78, 5) is 17.9. The van der Waals surface area contributed by atoms with E-state index in [9.17, 15) is 9.90 Å². The number of benzene rings is 2. The van der Waals surface area contributed by atoms with Gasteiger partial charge in [0, 0.05) is 21.9 Å². The van der Waals surface area contributed by atoms with Crippen molar-refractivity contribution in [3.63, 3.8) is 0 Å². The Kier molecular flexibility index (Phi) is 2.77. The molecular weight excluding hydrogens is 372 g/mol. The molecule has 24 heavy (non-hydrogen) atoms. The minimum Gasteiger partial charge on any atom is -0.508 e. The maximum Gasteiger partial charge on any atom is 0.260 e. The Morgan fingerprint density at radius 2 is 2.12 bits per heavy atom. The molecule has 5 nitrogen and oxygen atoms in total. The first kappa shape index (κ1) is 13.9. The first-order valence-electron chi connectivity index (χ1n) is 7.72. The molecule has 2 aromatic carbocycles. The van der Waals surface area contributed by atoms with Gasteiger partial charge in [0.2, 0.25) is 6.23 Å². The maximum atomic E-state index is 12.8. The molecule has 0 bridgehead atoms. The predicted octanol–water partition coefficient (Wildman–Crippen LogP) is 3.73. The van der Waals surface area contributed by atoms with Crippen molar-refractivity contribution in [3.8, 4) is 11.5 Å². The average Bonchev–Trinajstić information content (AvgIpc) is 2.93. The van der Waals surface area contributed by atoms with Gasteiger partial charge in [0.05, 0.1) is 11.3 Å². The Hall–Kier alpha value is -2.47. The van der Waals surface area contributed by atoms with Crippen molar-refractivity contribution >= 4 is 32.7 Å². The zero-order valence-electron chi connectivity index (χ0n) is 12.5. The van der Waals surface area contributed by atoms with Crippen molar-refractivity contribution in [1.82, 2.24) is 9.88 Å². The van der Waals surface area contributed by atoms with Crippen molar-refractivity contribution < 1.29 is 14.6 Å². The molecule has 1 amide bonds. The number of carbonyl (C=O) groups excluding carboxylic acids is 1. The Morgan fingerprint density at radius 1 is 1.25 bits per heavy atom. The monoisotopic (exact) mass is 384 g/mol. The van der Waals surface area contributed by atoms with E-state index in [-0.39, 0.29) is 11.7 Å². The molecule has 120 valence electrons. The number of phenols is 1. The fourth-order valence-corrected chi connectivity index (χ4v) is 3.96. The summed E-state index contributed by atoms with van der Waals surface area (Å²) in [6.07, 6.45) is 0.272. The SMILES string of the molecule is O=C1c2ccc(Br)cc2OC2c3[nH]c4ccc(O)cc4c3CCN12. The third kappa shape index (κ3) is 1.83. The predicted molar refractivity (Wildman–Crippen MR) is 92.2 cm³/mol. The van der Waals surface area contributed by atoms with Crippen LogP contribution in [0.4, 0.5) is 0 Å². The van der Waals surface area contributed by atoms with Crippen LogP contribution in [-0.2, 0) is 6.42 Å². The number of fused-ring (bicyclic) bond motifs is 6. The summed E-state index contributed by atoms with van der Waals surface area (Å²) >= 11 is 3.43. The topological polar surface area (TPSA) is 65.6 Å². The van der Waals surface area contributed by atoms with E-state index in [1.54, 1.807) is 23.1 Å². The summed E-state index contributed by atoms with van der Waals surface area (Å²) in [5, 5.41) is 10.8. The van der Waals surface area contributed by atoms with Crippen molar-refractivity contribution in [3.05, 3.63) is 57.7 Å². The molecule has 0 radical (unpaired) electrons. The molecule has 0 aliphatic carbocycles. The third-order valence-corrected chi connectivity index (χ3v) is 5.22. The van der Waals surface area contributed by atoms with Gasteiger partial charge >= 0.3 is 0 Å². The van der Waals surface area contributed by atoms with E-state index in [1.165, 1.54) is 0 Å². The van der Waals surface area contributed by atoms with Crippen molar-refractivity contribution in [2.75, 3.05) is 6.54 Å². The molecule has 2 N–H and O–H groups in total. The van der Waals surface area contributed by atoms with Crippen LogP contribution in [0.3, 0.4) is 0 Å². The largest absolute Gasteiger partial charge is 0.508 e. The molecule has 0 saturated heterocycles. The van der Waals surface area contributed by atoms with Gasteiger partial charge < -0.3 is 14.8 Å². The van der Waals surface area contributed by atoms with E-state index in [2.05, 4.69) is 20.9 Å². The zero-order chi connectivity index (χ0) is 16.4. The number of hydrogen-bond donors (Lipinski definition) is 2. The molecular formula is C18H13BrN2O3. The minimum absolute atomic E-state index is 0.0131. The summed E-state index contributed by atoms with van der Waals surface area (Å²) in [6.45, 7) is 0.592. The van der Waals surface area contributed by atoms with Gasteiger partial charge in [0.25, 0.3) is 5.91 Å². The number of H-pyrrole nitrogens is 1. The normalized spacial score (nSPS) is 18.8. The molecule has 3 aromatic rings. The van der Waals surface area contributed by atoms with Gasteiger partial charge in [-0.05, 0) is 48.4 Å².